The van der Waals surface area contributed by atoms with Crippen molar-refractivity contribution in [1.82, 2.24) is 5.32 Å². The zero-order valence-corrected chi connectivity index (χ0v) is 16.5. The minimum atomic E-state index is -0.0297. The molecule has 0 aromatic heterocycles. The Hall–Kier alpha value is -1.64. The Morgan fingerprint density at radius 1 is 1.00 bits per heavy atom. The molecule has 140 valence electrons. The van der Waals surface area contributed by atoms with Gasteiger partial charge in [-0.3, -0.25) is 0 Å². The lowest BCUT2D eigenvalue weighted by atomic mass is 9.68. The second-order valence-electron chi connectivity index (χ2n) is 8.53. The quantitative estimate of drug-likeness (QED) is 0.706. The van der Waals surface area contributed by atoms with Crippen LogP contribution in [0.2, 0.25) is 0 Å². The van der Waals surface area contributed by atoms with Crippen molar-refractivity contribution in [3.63, 3.8) is 0 Å². The van der Waals surface area contributed by atoms with Crippen molar-refractivity contribution >= 4 is 0 Å². The molecule has 1 saturated heterocycles. The Bertz CT molecular complexity index is 667. The lowest BCUT2D eigenvalue weighted by Gasteiger charge is -2.45. The van der Waals surface area contributed by atoms with E-state index in [0.29, 0.717) is 11.5 Å². The average molecular weight is 352 g/mol. The van der Waals surface area contributed by atoms with E-state index in [4.69, 9.17) is 4.74 Å². The molecule has 0 radical (unpaired) electrons. The van der Waals surface area contributed by atoms with E-state index in [0.717, 1.165) is 32.4 Å². The smallest absolute Gasteiger partial charge is 0.0631 e. The number of ether oxygens (including phenoxy) is 1. The molecular formula is C24H33NO. The predicted octanol–water partition coefficient (Wildman–Crippen LogP) is 5.55. The number of hydrogen-bond acceptors (Lipinski definition) is 2. The molecule has 1 heterocycles. The van der Waals surface area contributed by atoms with Crippen LogP contribution in [0.25, 0.3) is 0 Å². The van der Waals surface area contributed by atoms with Gasteiger partial charge in [0.05, 0.1) is 5.60 Å². The van der Waals surface area contributed by atoms with Gasteiger partial charge in [-0.05, 0) is 69.5 Å². The van der Waals surface area contributed by atoms with Gasteiger partial charge in [0.2, 0.25) is 0 Å². The van der Waals surface area contributed by atoms with Gasteiger partial charge in [-0.25, -0.2) is 0 Å². The minimum Gasteiger partial charge on any atom is -0.376 e. The zero-order chi connectivity index (χ0) is 18.5. The van der Waals surface area contributed by atoms with Gasteiger partial charge in [0.15, 0.2) is 0 Å². The summed E-state index contributed by atoms with van der Waals surface area (Å²) in [6.07, 6.45) is 4.59. The fraction of sp³-hybridized carbons (Fsp3) is 0.500. The van der Waals surface area contributed by atoms with E-state index in [9.17, 15) is 0 Å². The second-order valence-corrected chi connectivity index (χ2v) is 8.53. The Balaban J connectivity index is 1.66. The van der Waals surface area contributed by atoms with Gasteiger partial charge in [0.1, 0.15) is 0 Å². The van der Waals surface area contributed by atoms with Gasteiger partial charge < -0.3 is 10.1 Å². The molecule has 2 nitrogen and oxygen atoms in total. The van der Waals surface area contributed by atoms with Crippen LogP contribution in [0.15, 0.2) is 60.7 Å². The first-order valence-corrected chi connectivity index (χ1v) is 9.94. The molecular weight excluding hydrogens is 318 g/mol. The maximum Gasteiger partial charge on any atom is 0.0631 e. The summed E-state index contributed by atoms with van der Waals surface area (Å²) in [6, 6.07) is 22.1. The van der Waals surface area contributed by atoms with E-state index in [2.05, 4.69) is 86.8 Å². The summed E-state index contributed by atoms with van der Waals surface area (Å²) in [5, 5.41) is 3.74. The summed E-state index contributed by atoms with van der Waals surface area (Å²) < 4.78 is 6.03. The van der Waals surface area contributed by atoms with Crippen molar-refractivity contribution in [3.05, 3.63) is 71.8 Å². The Labute approximate surface area is 159 Å². The molecule has 0 bridgehead atoms. The first-order valence-electron chi connectivity index (χ1n) is 9.94. The molecule has 1 aliphatic rings. The van der Waals surface area contributed by atoms with E-state index < -0.39 is 0 Å². The van der Waals surface area contributed by atoms with Gasteiger partial charge in [-0.1, -0.05) is 60.7 Å². The van der Waals surface area contributed by atoms with Crippen LogP contribution in [0.5, 0.6) is 0 Å². The third-order valence-electron chi connectivity index (χ3n) is 5.75. The Morgan fingerprint density at radius 2 is 1.65 bits per heavy atom. The molecule has 1 N–H and O–H groups in total. The van der Waals surface area contributed by atoms with E-state index in [1.165, 1.54) is 17.5 Å². The number of benzene rings is 2. The highest BCUT2D eigenvalue weighted by molar-refractivity contribution is 5.19. The van der Waals surface area contributed by atoms with Crippen LogP contribution < -0.4 is 5.32 Å². The largest absolute Gasteiger partial charge is 0.376 e. The standard InChI is InChI=1S/C24H33NO/c1-20(22-12-8-5-9-13-22)25-16-14-24(15-17-26-23(2,3)19-24)18-21-10-6-4-7-11-21/h4-13,20,25H,14-19H2,1-3H3/t20-,24-/m0/s1. The van der Waals surface area contributed by atoms with Crippen molar-refractivity contribution in [3.8, 4) is 0 Å². The summed E-state index contributed by atoms with van der Waals surface area (Å²) in [5.41, 5.74) is 3.09. The molecule has 26 heavy (non-hydrogen) atoms. The zero-order valence-electron chi connectivity index (χ0n) is 16.5. The molecule has 0 spiro atoms. The van der Waals surface area contributed by atoms with Crippen LogP contribution in [-0.2, 0) is 11.2 Å². The molecule has 3 rings (SSSR count). The summed E-state index contributed by atoms with van der Waals surface area (Å²) >= 11 is 0. The third kappa shape index (κ3) is 5.18. The molecule has 0 unspecified atom stereocenters. The molecule has 0 aliphatic carbocycles. The highest BCUT2D eigenvalue weighted by Gasteiger charge is 2.40. The van der Waals surface area contributed by atoms with Gasteiger partial charge in [-0.2, -0.15) is 0 Å². The monoisotopic (exact) mass is 351 g/mol. The lowest BCUT2D eigenvalue weighted by molar-refractivity contribution is -0.107. The number of nitrogens with one attached hydrogen (secondary N) is 1. The molecule has 2 aromatic rings. The molecule has 0 amide bonds. The summed E-state index contributed by atoms with van der Waals surface area (Å²) in [7, 11) is 0. The lowest BCUT2D eigenvalue weighted by Crippen LogP contribution is -2.44. The number of hydrogen-bond donors (Lipinski definition) is 1. The van der Waals surface area contributed by atoms with Crippen LogP contribution in [-0.4, -0.2) is 18.8 Å². The Morgan fingerprint density at radius 3 is 2.31 bits per heavy atom. The van der Waals surface area contributed by atoms with Gasteiger partial charge in [-0.15, -0.1) is 0 Å². The van der Waals surface area contributed by atoms with Crippen LogP contribution in [0.3, 0.4) is 0 Å². The molecule has 2 aromatic carbocycles. The minimum absolute atomic E-state index is 0.0297. The van der Waals surface area contributed by atoms with Crippen LogP contribution in [0, 0.1) is 5.41 Å². The normalized spacial score (nSPS) is 23.5. The first kappa shape index (κ1) is 19.1. The van der Waals surface area contributed by atoms with Crippen LogP contribution >= 0.6 is 0 Å². The third-order valence-corrected chi connectivity index (χ3v) is 5.75. The fourth-order valence-corrected chi connectivity index (χ4v) is 4.48. The van der Waals surface area contributed by atoms with E-state index in [-0.39, 0.29) is 5.60 Å². The fourth-order valence-electron chi connectivity index (χ4n) is 4.48. The van der Waals surface area contributed by atoms with E-state index in [1.807, 2.05) is 0 Å². The molecule has 0 saturated carbocycles. The van der Waals surface area contributed by atoms with Crippen LogP contribution in [0.4, 0.5) is 0 Å². The highest BCUT2D eigenvalue weighted by Crippen LogP contribution is 2.43. The molecule has 2 heteroatoms. The van der Waals surface area contributed by atoms with Crippen molar-refractivity contribution in [1.29, 1.82) is 0 Å². The number of rotatable bonds is 7. The highest BCUT2D eigenvalue weighted by atomic mass is 16.5. The van der Waals surface area contributed by atoms with E-state index in [1.54, 1.807) is 0 Å². The topological polar surface area (TPSA) is 21.3 Å². The molecule has 2 atom stereocenters. The molecule has 1 aliphatic heterocycles. The predicted molar refractivity (Wildman–Crippen MR) is 109 cm³/mol. The summed E-state index contributed by atoms with van der Waals surface area (Å²) in [4.78, 5) is 0. The van der Waals surface area contributed by atoms with Crippen molar-refractivity contribution in [2.75, 3.05) is 13.2 Å². The maximum absolute atomic E-state index is 6.03. The molecule has 1 fully saturated rings. The summed E-state index contributed by atoms with van der Waals surface area (Å²) in [6.45, 7) is 8.65. The van der Waals surface area contributed by atoms with Crippen molar-refractivity contribution < 1.29 is 4.74 Å². The maximum atomic E-state index is 6.03. The summed E-state index contributed by atoms with van der Waals surface area (Å²) in [5.74, 6) is 0. The SMILES string of the molecule is C[C@H](NCC[C@@]1(Cc2ccccc2)CCOC(C)(C)C1)c1ccccc1. The van der Waals surface area contributed by atoms with Crippen molar-refractivity contribution in [2.24, 2.45) is 5.41 Å². The van der Waals surface area contributed by atoms with Gasteiger partial charge >= 0.3 is 0 Å². The Kier molecular flexibility index (Phi) is 6.16. The van der Waals surface area contributed by atoms with Crippen LogP contribution in [0.1, 0.15) is 57.2 Å². The first-order chi connectivity index (χ1) is 12.5. The van der Waals surface area contributed by atoms with Crippen molar-refractivity contribution in [2.45, 2.75) is 58.1 Å². The average Bonchev–Trinajstić information content (AvgIpc) is 2.62. The second kappa shape index (κ2) is 8.37. The van der Waals surface area contributed by atoms with Gasteiger partial charge in [0.25, 0.3) is 0 Å². The van der Waals surface area contributed by atoms with E-state index >= 15 is 0 Å². The van der Waals surface area contributed by atoms with Gasteiger partial charge in [0, 0.05) is 12.6 Å².